The molecule has 3 heterocycles. The lowest BCUT2D eigenvalue weighted by Gasteiger charge is -2.20. The van der Waals surface area contributed by atoms with Crippen LogP contribution in [0.3, 0.4) is 0 Å². The fourth-order valence-electron chi connectivity index (χ4n) is 4.40. The van der Waals surface area contributed by atoms with Gasteiger partial charge in [0.1, 0.15) is 5.82 Å². The summed E-state index contributed by atoms with van der Waals surface area (Å²) in [6, 6.07) is 3.55. The smallest absolute Gasteiger partial charge is 0.225 e. The van der Waals surface area contributed by atoms with Gasteiger partial charge in [0.05, 0.1) is 12.8 Å². The Morgan fingerprint density at radius 3 is 2.29 bits per heavy atom. The maximum absolute atomic E-state index is 14.5. The molecule has 2 aliphatic rings. The Balaban J connectivity index is 1.21. The van der Waals surface area contributed by atoms with Gasteiger partial charge < -0.3 is 9.64 Å². The standard InChI is InChI=1S/C23H21F3N4O/c1-2-13-7-28-23(29-8-13)30-10-16-17(11-30)18(16)12-31-22-19(24)5-14(6-20(22)25)15-3-4-27-9-21(15)26/h3-9,16-18H,2,10-12H2,1H3/t16-,17?,18?/m1/s1. The van der Waals surface area contributed by atoms with Crippen LogP contribution in [0.2, 0.25) is 0 Å². The Morgan fingerprint density at radius 1 is 1.00 bits per heavy atom. The van der Waals surface area contributed by atoms with Crippen LogP contribution in [0.1, 0.15) is 12.5 Å². The molecular weight excluding hydrogens is 405 g/mol. The maximum Gasteiger partial charge on any atom is 0.225 e. The predicted molar refractivity (Wildman–Crippen MR) is 109 cm³/mol. The number of aromatic nitrogens is 3. The van der Waals surface area contributed by atoms with E-state index < -0.39 is 23.2 Å². The summed E-state index contributed by atoms with van der Waals surface area (Å²) in [7, 11) is 0. The molecule has 31 heavy (non-hydrogen) atoms. The van der Waals surface area contributed by atoms with Crippen LogP contribution < -0.4 is 9.64 Å². The molecule has 0 amide bonds. The molecule has 160 valence electrons. The normalized spacial score (nSPS) is 21.8. The summed E-state index contributed by atoms with van der Waals surface area (Å²) in [5.74, 6) is -0.956. The summed E-state index contributed by atoms with van der Waals surface area (Å²) >= 11 is 0. The van der Waals surface area contributed by atoms with Gasteiger partial charge in [-0.25, -0.2) is 23.1 Å². The van der Waals surface area contributed by atoms with Gasteiger partial charge in [0, 0.05) is 43.2 Å². The van der Waals surface area contributed by atoms with Crippen LogP contribution in [0.15, 0.2) is 43.0 Å². The third kappa shape index (κ3) is 3.71. The molecule has 8 heteroatoms. The molecule has 2 unspecified atom stereocenters. The van der Waals surface area contributed by atoms with E-state index in [-0.39, 0.29) is 23.7 Å². The topological polar surface area (TPSA) is 51.1 Å². The molecule has 0 bridgehead atoms. The number of aryl methyl sites for hydroxylation is 1. The zero-order chi connectivity index (χ0) is 21.5. The van der Waals surface area contributed by atoms with Crippen molar-refractivity contribution in [1.82, 2.24) is 15.0 Å². The second-order valence-electron chi connectivity index (χ2n) is 8.08. The van der Waals surface area contributed by atoms with Gasteiger partial charge in [-0.2, -0.15) is 0 Å². The molecule has 1 saturated carbocycles. The van der Waals surface area contributed by atoms with E-state index in [2.05, 4.69) is 26.8 Å². The van der Waals surface area contributed by atoms with E-state index in [1.54, 1.807) is 0 Å². The van der Waals surface area contributed by atoms with Crippen molar-refractivity contribution >= 4 is 5.95 Å². The van der Waals surface area contributed by atoms with Gasteiger partial charge in [-0.3, -0.25) is 4.98 Å². The summed E-state index contributed by atoms with van der Waals surface area (Å²) in [4.78, 5) is 14.6. The van der Waals surface area contributed by atoms with Crippen molar-refractivity contribution in [3.8, 4) is 16.9 Å². The molecule has 5 rings (SSSR count). The van der Waals surface area contributed by atoms with E-state index in [0.717, 1.165) is 49.4 Å². The van der Waals surface area contributed by atoms with Gasteiger partial charge >= 0.3 is 0 Å². The zero-order valence-corrected chi connectivity index (χ0v) is 16.9. The first-order chi connectivity index (χ1) is 15.0. The van der Waals surface area contributed by atoms with Gasteiger partial charge in [-0.1, -0.05) is 6.92 Å². The first kappa shape index (κ1) is 19.8. The number of benzene rings is 1. The molecule has 0 N–H and O–H groups in total. The second kappa shape index (κ2) is 7.83. The number of pyridine rings is 1. The highest BCUT2D eigenvalue weighted by atomic mass is 19.1. The van der Waals surface area contributed by atoms with Crippen molar-refractivity contribution in [2.45, 2.75) is 13.3 Å². The van der Waals surface area contributed by atoms with Crippen LogP contribution >= 0.6 is 0 Å². The molecule has 2 fully saturated rings. The number of halogens is 3. The highest BCUT2D eigenvalue weighted by Crippen LogP contribution is 2.52. The summed E-state index contributed by atoms with van der Waals surface area (Å²) in [5.41, 5.74) is 1.29. The minimum Gasteiger partial charge on any atom is -0.487 e. The van der Waals surface area contributed by atoms with Crippen molar-refractivity contribution in [3.63, 3.8) is 0 Å². The third-order valence-corrected chi connectivity index (χ3v) is 6.26. The number of ether oxygens (including phenoxy) is 1. The lowest BCUT2D eigenvalue weighted by molar-refractivity contribution is 0.257. The summed E-state index contributed by atoms with van der Waals surface area (Å²) < 4.78 is 48.4. The minimum atomic E-state index is -0.844. The number of fused-ring (bicyclic) bond motifs is 1. The first-order valence-corrected chi connectivity index (χ1v) is 10.3. The molecule has 0 spiro atoms. The van der Waals surface area contributed by atoms with Crippen LogP contribution in [0.25, 0.3) is 11.1 Å². The van der Waals surface area contributed by atoms with Gasteiger partial charge in [0.2, 0.25) is 5.95 Å². The van der Waals surface area contributed by atoms with E-state index >= 15 is 0 Å². The van der Waals surface area contributed by atoms with Crippen LogP contribution in [0.5, 0.6) is 5.75 Å². The average Bonchev–Trinajstić information content (AvgIpc) is 3.22. The fourth-order valence-corrected chi connectivity index (χ4v) is 4.40. The predicted octanol–water partition coefficient (Wildman–Crippen LogP) is 4.28. The summed E-state index contributed by atoms with van der Waals surface area (Å²) in [5, 5.41) is 0. The zero-order valence-electron chi connectivity index (χ0n) is 16.9. The second-order valence-corrected chi connectivity index (χ2v) is 8.08. The van der Waals surface area contributed by atoms with Crippen LogP contribution in [-0.2, 0) is 6.42 Å². The van der Waals surface area contributed by atoms with Crippen molar-refractivity contribution < 1.29 is 17.9 Å². The Labute approximate surface area is 177 Å². The highest BCUT2D eigenvalue weighted by molar-refractivity contribution is 5.64. The largest absolute Gasteiger partial charge is 0.487 e. The van der Waals surface area contributed by atoms with Crippen molar-refractivity contribution in [1.29, 1.82) is 0 Å². The molecule has 3 aromatic rings. The number of piperidine rings is 1. The van der Waals surface area contributed by atoms with E-state index in [0.29, 0.717) is 11.8 Å². The molecule has 1 saturated heterocycles. The molecular formula is C23H21F3N4O. The SMILES string of the molecule is CCc1cnc(N2CC3C(COc4c(F)cc(-c5ccncc5F)cc4F)[C@@H]3C2)nc1. The monoisotopic (exact) mass is 426 g/mol. The molecule has 3 atom stereocenters. The Kier molecular flexibility index (Phi) is 5.00. The van der Waals surface area contributed by atoms with E-state index in [9.17, 15) is 13.2 Å². The number of hydrogen-bond donors (Lipinski definition) is 0. The molecule has 1 aliphatic heterocycles. The van der Waals surface area contributed by atoms with Crippen molar-refractivity contribution in [2.75, 3.05) is 24.6 Å². The van der Waals surface area contributed by atoms with Gasteiger partial charge in [-0.15, -0.1) is 0 Å². The fraction of sp³-hybridized carbons (Fsp3) is 0.348. The maximum atomic E-state index is 14.5. The molecule has 2 aromatic heterocycles. The number of nitrogens with zero attached hydrogens (tertiary/aromatic N) is 4. The molecule has 0 radical (unpaired) electrons. The van der Waals surface area contributed by atoms with Crippen LogP contribution in [0.4, 0.5) is 19.1 Å². The van der Waals surface area contributed by atoms with Crippen molar-refractivity contribution in [2.24, 2.45) is 17.8 Å². The quantitative estimate of drug-likeness (QED) is 0.589. The first-order valence-electron chi connectivity index (χ1n) is 10.3. The summed E-state index contributed by atoms with van der Waals surface area (Å²) in [6.45, 7) is 3.94. The Bertz CT molecular complexity index is 1070. The van der Waals surface area contributed by atoms with Gasteiger partial charge in [-0.05, 0) is 47.6 Å². The van der Waals surface area contributed by atoms with Gasteiger partial charge in [0.15, 0.2) is 17.4 Å². The highest BCUT2D eigenvalue weighted by Gasteiger charge is 2.56. The number of anilines is 1. The van der Waals surface area contributed by atoms with E-state index in [1.165, 1.54) is 12.3 Å². The van der Waals surface area contributed by atoms with Crippen LogP contribution in [-0.4, -0.2) is 34.6 Å². The molecule has 1 aromatic carbocycles. The Hall–Kier alpha value is -3.16. The third-order valence-electron chi connectivity index (χ3n) is 6.26. The summed E-state index contributed by atoms with van der Waals surface area (Å²) in [6.07, 6.45) is 6.97. The van der Waals surface area contributed by atoms with E-state index in [1.807, 2.05) is 12.4 Å². The number of hydrogen-bond acceptors (Lipinski definition) is 5. The number of rotatable bonds is 6. The minimum absolute atomic E-state index is 0.0883. The van der Waals surface area contributed by atoms with Crippen LogP contribution in [0, 0.1) is 35.2 Å². The Morgan fingerprint density at radius 2 is 1.68 bits per heavy atom. The lowest BCUT2D eigenvalue weighted by atomic mass is 10.1. The molecule has 1 aliphatic carbocycles. The lowest BCUT2D eigenvalue weighted by Crippen LogP contribution is -2.27. The van der Waals surface area contributed by atoms with Gasteiger partial charge in [0.25, 0.3) is 0 Å². The molecule has 5 nitrogen and oxygen atoms in total. The van der Waals surface area contributed by atoms with E-state index in [4.69, 9.17) is 4.74 Å². The van der Waals surface area contributed by atoms with Crippen molar-refractivity contribution in [3.05, 3.63) is 66.0 Å². The average molecular weight is 426 g/mol.